The van der Waals surface area contributed by atoms with Gasteiger partial charge >= 0.3 is 0 Å². The molecule has 0 fully saturated rings. The van der Waals surface area contributed by atoms with Gasteiger partial charge in [0.1, 0.15) is 0 Å². The largest absolute Gasteiger partial charge is 0.355 e. The fourth-order valence-electron chi connectivity index (χ4n) is 13.9. The van der Waals surface area contributed by atoms with Crippen LogP contribution in [0.5, 0.6) is 0 Å². The first kappa shape index (κ1) is 45.3. The van der Waals surface area contributed by atoms with Crippen molar-refractivity contribution in [1.29, 1.82) is 0 Å². The normalized spacial score (nSPS) is 16.2. The lowest BCUT2D eigenvalue weighted by atomic mass is 9.56. The van der Waals surface area contributed by atoms with Gasteiger partial charge in [0, 0.05) is 55.2 Å². The van der Waals surface area contributed by atoms with Crippen LogP contribution in [-0.2, 0) is 32.5 Å². The Balaban J connectivity index is 1.19. The Hall–Kier alpha value is -6.58. The van der Waals surface area contributed by atoms with Gasteiger partial charge in [-0.05, 0) is 153 Å². The fraction of sp³-hybridized carbons (Fsp3) is 0.304. The molecule has 1 N–H and O–H groups in total. The van der Waals surface area contributed by atoms with Crippen LogP contribution in [0.2, 0.25) is 0 Å². The number of fused-ring (bicyclic) bond motifs is 15. The summed E-state index contributed by atoms with van der Waals surface area (Å²) in [5.41, 5.74) is 31.9. The molecule has 1 aliphatic heterocycles. The molecule has 3 aliphatic carbocycles. The second kappa shape index (κ2) is 14.3. The highest BCUT2D eigenvalue weighted by atomic mass is 15.0. The predicted octanol–water partition coefficient (Wildman–Crippen LogP) is 16.7. The van der Waals surface area contributed by atoms with Crippen LogP contribution in [0.25, 0.3) is 72.0 Å². The predicted molar refractivity (Wildman–Crippen MR) is 311 cm³/mol. The monoisotopic (exact) mass is 937 g/mol. The molecule has 3 heteroatoms. The van der Waals surface area contributed by atoms with Gasteiger partial charge in [-0.25, -0.2) is 0 Å². The molecule has 9 aromatic rings. The van der Waals surface area contributed by atoms with Crippen LogP contribution < -0.4 is 16.2 Å². The third-order valence-corrected chi connectivity index (χ3v) is 18.0. The van der Waals surface area contributed by atoms with E-state index in [0.717, 1.165) is 18.7 Å². The van der Waals surface area contributed by atoms with Gasteiger partial charge in [0.05, 0.1) is 5.52 Å². The van der Waals surface area contributed by atoms with Gasteiger partial charge in [0.15, 0.2) is 7.28 Å². The van der Waals surface area contributed by atoms with E-state index in [0.29, 0.717) is 0 Å². The van der Waals surface area contributed by atoms with Crippen LogP contribution in [0, 0.1) is 0 Å². The van der Waals surface area contributed by atoms with Crippen molar-refractivity contribution < 1.29 is 0 Å². The summed E-state index contributed by atoms with van der Waals surface area (Å²) < 4.78 is 2.70. The molecule has 358 valence electrons. The molecule has 0 saturated heterocycles. The van der Waals surface area contributed by atoms with Crippen LogP contribution in [0.4, 0.5) is 11.4 Å². The van der Waals surface area contributed by atoms with Crippen molar-refractivity contribution in [2.45, 2.75) is 136 Å². The number of anilines is 2. The Bertz CT molecular complexity index is 3860. The summed E-state index contributed by atoms with van der Waals surface area (Å²) in [7, 11) is 0.830. The molecule has 0 bridgehead atoms. The first-order valence-corrected chi connectivity index (χ1v) is 26.6. The van der Waals surface area contributed by atoms with E-state index in [4.69, 9.17) is 0 Å². The lowest BCUT2D eigenvalue weighted by molar-refractivity contribution is 0.584. The van der Waals surface area contributed by atoms with E-state index in [1.165, 1.54) is 133 Å². The molecule has 0 radical (unpaired) electrons. The minimum atomic E-state index is -0.298. The summed E-state index contributed by atoms with van der Waals surface area (Å²) in [6, 6.07) is 52.8. The lowest BCUT2D eigenvalue weighted by Gasteiger charge is -2.32. The first-order valence-electron chi connectivity index (χ1n) is 26.6. The van der Waals surface area contributed by atoms with E-state index < -0.39 is 0 Å². The highest BCUT2D eigenvalue weighted by molar-refractivity contribution is 6.74. The summed E-state index contributed by atoms with van der Waals surface area (Å²) in [6.45, 7) is 35.7. The highest BCUT2D eigenvalue weighted by Gasteiger charge is 2.45. The molecule has 0 amide bonds. The Morgan fingerprint density at radius 1 is 0.444 bits per heavy atom. The number of nitrogens with zero attached hydrogens (tertiary/aromatic N) is 1. The summed E-state index contributed by atoms with van der Waals surface area (Å²) in [5.74, 6) is 0. The molecule has 4 aliphatic rings. The van der Waals surface area contributed by atoms with Gasteiger partial charge in [0.25, 0.3) is 0 Å². The lowest BCUT2D eigenvalue weighted by Crippen LogP contribution is -2.39. The zero-order valence-electron chi connectivity index (χ0n) is 45.4. The van der Waals surface area contributed by atoms with Crippen LogP contribution >= 0.6 is 0 Å². The summed E-state index contributed by atoms with van der Waals surface area (Å²) in [4.78, 5) is 0. The third kappa shape index (κ3) is 6.09. The van der Waals surface area contributed by atoms with Crippen molar-refractivity contribution in [3.63, 3.8) is 0 Å². The van der Waals surface area contributed by atoms with Crippen molar-refractivity contribution >= 4 is 51.4 Å². The van der Waals surface area contributed by atoms with E-state index in [2.05, 4.69) is 247 Å². The van der Waals surface area contributed by atoms with Crippen molar-refractivity contribution in [2.24, 2.45) is 0 Å². The number of aromatic nitrogens is 1. The van der Waals surface area contributed by atoms with Gasteiger partial charge < -0.3 is 9.88 Å². The first-order chi connectivity index (χ1) is 33.9. The standard InChI is InChI=1S/C69H69BN2/c1-64(2,3)38-24-28-41(29-25-38)71-55-37-53-45(43-30-26-40(66(7,8)9)33-51(43)68(53,12)13)34-47(55)60-61-58(44-21-17-19-23-50(44)69(61,14)15)59-48-32-39(65(4,5)6)27-31-56(48)72-57-35-46-42-20-16-18-22-49(42)67(10,11)52(46)36-54(57)70-62(60)63(59)72/h16-37,70-71H,1-15H3. The van der Waals surface area contributed by atoms with E-state index >= 15 is 0 Å². The maximum Gasteiger partial charge on any atom is 0.198 e. The van der Waals surface area contributed by atoms with Crippen molar-refractivity contribution in [2.75, 3.05) is 5.32 Å². The number of nitrogens with one attached hydrogen (secondary N) is 1. The molecule has 13 rings (SSSR count). The molecule has 1 aromatic heterocycles. The Morgan fingerprint density at radius 2 is 0.986 bits per heavy atom. The zero-order chi connectivity index (χ0) is 50.6. The second-order valence-corrected chi connectivity index (χ2v) is 26.7. The average Bonchev–Trinajstić information content (AvgIpc) is 3.94. The third-order valence-electron chi connectivity index (χ3n) is 18.0. The Morgan fingerprint density at radius 3 is 1.67 bits per heavy atom. The van der Waals surface area contributed by atoms with Crippen molar-refractivity contribution in [1.82, 2.24) is 4.57 Å². The molecular weight excluding hydrogens is 868 g/mol. The molecule has 0 spiro atoms. The van der Waals surface area contributed by atoms with Crippen molar-refractivity contribution in [3.05, 3.63) is 184 Å². The Labute approximate surface area is 429 Å². The summed E-state index contributed by atoms with van der Waals surface area (Å²) >= 11 is 0. The molecule has 0 unspecified atom stereocenters. The zero-order valence-corrected chi connectivity index (χ0v) is 45.4. The maximum absolute atomic E-state index is 4.17. The van der Waals surface area contributed by atoms with Crippen LogP contribution in [0.15, 0.2) is 133 Å². The van der Waals surface area contributed by atoms with Crippen LogP contribution in [0.3, 0.4) is 0 Å². The number of hydrogen-bond acceptors (Lipinski definition) is 1. The number of benzene rings is 8. The van der Waals surface area contributed by atoms with Gasteiger partial charge in [-0.2, -0.15) is 0 Å². The fourth-order valence-corrected chi connectivity index (χ4v) is 13.9. The van der Waals surface area contributed by atoms with Gasteiger partial charge in [-0.1, -0.05) is 200 Å². The van der Waals surface area contributed by atoms with E-state index in [-0.39, 0.29) is 32.5 Å². The topological polar surface area (TPSA) is 17.0 Å². The van der Waals surface area contributed by atoms with Crippen molar-refractivity contribution in [3.8, 4) is 50.2 Å². The van der Waals surface area contributed by atoms with Crippen LogP contribution in [-0.4, -0.2) is 11.8 Å². The van der Waals surface area contributed by atoms with E-state index in [1.807, 2.05) is 0 Å². The maximum atomic E-state index is 4.17. The smallest absolute Gasteiger partial charge is 0.198 e. The molecule has 2 heterocycles. The summed E-state index contributed by atoms with van der Waals surface area (Å²) in [5, 5.41) is 6.91. The molecule has 2 nitrogen and oxygen atoms in total. The minimum Gasteiger partial charge on any atom is -0.355 e. The molecular formula is C69H69BN2. The molecule has 72 heavy (non-hydrogen) atoms. The summed E-state index contributed by atoms with van der Waals surface area (Å²) in [6.07, 6.45) is 0. The molecule has 8 aromatic carbocycles. The van der Waals surface area contributed by atoms with E-state index in [1.54, 1.807) is 0 Å². The SMILES string of the molecule is CC(C)(C)c1ccc(Nc2cc3c(cc2-c2c4c(c5c6cc(C(C)(C)C)ccc6n6c5c2Bc2cc5c(cc2-6)-c2ccccc2C5(C)C)-c2ccccc2C4(C)C)-c2ccc(C(C)(C)C)cc2C3(C)C)cc1. The minimum absolute atomic E-state index is 0.0201. The second-order valence-electron chi connectivity index (χ2n) is 26.7. The quantitative estimate of drug-likeness (QED) is 0.175. The van der Waals surface area contributed by atoms with Gasteiger partial charge in [-0.3, -0.25) is 0 Å². The average molecular weight is 937 g/mol. The number of rotatable bonds is 3. The van der Waals surface area contributed by atoms with Crippen LogP contribution in [0.1, 0.15) is 154 Å². The Kier molecular flexibility index (Phi) is 9.02. The van der Waals surface area contributed by atoms with Gasteiger partial charge in [-0.15, -0.1) is 0 Å². The molecule has 0 saturated carbocycles. The molecule has 0 atom stereocenters. The van der Waals surface area contributed by atoms with E-state index in [9.17, 15) is 0 Å². The van der Waals surface area contributed by atoms with Gasteiger partial charge in [0.2, 0.25) is 0 Å². The highest BCUT2D eigenvalue weighted by Crippen LogP contribution is 2.60. The number of hydrogen-bond donors (Lipinski definition) is 1.